The van der Waals surface area contributed by atoms with Gasteiger partial charge in [0.2, 0.25) is 0 Å². The second-order valence-corrected chi connectivity index (χ2v) is 5.53. The van der Waals surface area contributed by atoms with Gasteiger partial charge in [-0.1, -0.05) is 18.7 Å². The highest BCUT2D eigenvalue weighted by atomic mass is 19.4. The molecule has 3 rings (SSSR count). The standard InChI is InChI=1S/C16H12F3N5O/c1-8(10-4-6-11(7-5-10)16(17,18)19)24-14-12(13(20-3)23-24)15(25)22-9(2)21-14/h4-8H,1-2H3,(H,21,22,25)/t8-/m0/s1. The summed E-state index contributed by atoms with van der Waals surface area (Å²) in [6, 6.07) is 4.16. The van der Waals surface area contributed by atoms with Crippen LogP contribution in [0.1, 0.15) is 29.9 Å². The topological polar surface area (TPSA) is 67.9 Å². The van der Waals surface area contributed by atoms with Gasteiger partial charge in [-0.15, -0.1) is 0 Å². The van der Waals surface area contributed by atoms with Crippen LogP contribution < -0.4 is 5.56 Å². The van der Waals surface area contributed by atoms with Crippen molar-refractivity contribution in [2.45, 2.75) is 26.1 Å². The summed E-state index contributed by atoms with van der Waals surface area (Å²) < 4.78 is 39.5. The molecule has 0 saturated heterocycles. The van der Waals surface area contributed by atoms with Crippen LogP contribution in [0.25, 0.3) is 15.9 Å². The summed E-state index contributed by atoms with van der Waals surface area (Å²) in [5, 5.41) is 4.18. The Labute approximate surface area is 139 Å². The van der Waals surface area contributed by atoms with Crippen molar-refractivity contribution in [3.8, 4) is 0 Å². The third-order valence-corrected chi connectivity index (χ3v) is 3.85. The molecule has 0 aliphatic carbocycles. The van der Waals surface area contributed by atoms with Crippen molar-refractivity contribution in [2.24, 2.45) is 0 Å². The third kappa shape index (κ3) is 2.87. The van der Waals surface area contributed by atoms with E-state index in [9.17, 15) is 18.0 Å². The normalized spacial score (nSPS) is 13.0. The molecule has 1 N–H and O–H groups in total. The van der Waals surface area contributed by atoms with Crippen LogP contribution in [0.15, 0.2) is 29.1 Å². The Morgan fingerprint density at radius 3 is 2.48 bits per heavy atom. The molecular weight excluding hydrogens is 335 g/mol. The first-order valence-corrected chi connectivity index (χ1v) is 7.26. The Balaban J connectivity index is 2.13. The Morgan fingerprint density at radius 1 is 1.28 bits per heavy atom. The van der Waals surface area contributed by atoms with Crippen molar-refractivity contribution >= 4 is 16.9 Å². The number of H-pyrrole nitrogens is 1. The number of hydrogen-bond acceptors (Lipinski definition) is 3. The number of nitrogens with zero attached hydrogens (tertiary/aromatic N) is 4. The van der Waals surface area contributed by atoms with E-state index in [1.54, 1.807) is 13.8 Å². The number of aryl methyl sites for hydroxylation is 1. The van der Waals surface area contributed by atoms with E-state index in [1.165, 1.54) is 16.8 Å². The van der Waals surface area contributed by atoms with E-state index in [-0.39, 0.29) is 16.9 Å². The van der Waals surface area contributed by atoms with Crippen LogP contribution in [0.2, 0.25) is 0 Å². The number of rotatable bonds is 2. The predicted molar refractivity (Wildman–Crippen MR) is 84.4 cm³/mol. The van der Waals surface area contributed by atoms with Crippen LogP contribution in [0.4, 0.5) is 19.0 Å². The molecule has 2 aromatic heterocycles. The molecule has 0 saturated carbocycles. The second kappa shape index (κ2) is 5.73. The van der Waals surface area contributed by atoms with E-state index in [0.29, 0.717) is 11.4 Å². The van der Waals surface area contributed by atoms with E-state index in [2.05, 4.69) is 19.9 Å². The number of benzene rings is 1. The number of halogens is 3. The first kappa shape index (κ1) is 16.7. The molecule has 0 bridgehead atoms. The molecule has 0 aliphatic heterocycles. The van der Waals surface area contributed by atoms with Gasteiger partial charge in [0.25, 0.3) is 5.56 Å². The number of fused-ring (bicyclic) bond motifs is 1. The SMILES string of the molecule is [C-]#[N+]c1nn([C@@H](C)c2ccc(C(F)(F)F)cc2)c2nc(C)[nH]c(=O)c12. The lowest BCUT2D eigenvalue weighted by molar-refractivity contribution is -0.137. The zero-order chi connectivity index (χ0) is 18.4. The van der Waals surface area contributed by atoms with E-state index in [4.69, 9.17) is 6.57 Å². The molecule has 0 amide bonds. The first-order chi connectivity index (χ1) is 11.7. The summed E-state index contributed by atoms with van der Waals surface area (Å²) in [7, 11) is 0. The van der Waals surface area contributed by atoms with Gasteiger partial charge >= 0.3 is 12.0 Å². The fourth-order valence-electron chi connectivity index (χ4n) is 2.58. The van der Waals surface area contributed by atoms with Crippen molar-refractivity contribution in [3.05, 3.63) is 63.0 Å². The summed E-state index contributed by atoms with van der Waals surface area (Å²) in [6.07, 6.45) is -4.41. The molecule has 0 radical (unpaired) electrons. The van der Waals surface area contributed by atoms with Crippen LogP contribution in [-0.2, 0) is 6.18 Å². The van der Waals surface area contributed by atoms with Gasteiger partial charge in [-0.2, -0.15) is 17.9 Å². The minimum atomic E-state index is -4.41. The molecule has 9 heteroatoms. The quantitative estimate of drug-likeness (QED) is 0.720. The number of aromatic amines is 1. The molecule has 0 unspecified atom stereocenters. The largest absolute Gasteiger partial charge is 0.416 e. The van der Waals surface area contributed by atoms with Crippen molar-refractivity contribution in [3.63, 3.8) is 0 Å². The first-order valence-electron chi connectivity index (χ1n) is 7.26. The molecule has 128 valence electrons. The van der Waals surface area contributed by atoms with E-state index in [1.807, 2.05) is 0 Å². The van der Waals surface area contributed by atoms with Crippen LogP contribution >= 0.6 is 0 Å². The Hall–Kier alpha value is -3.15. The van der Waals surface area contributed by atoms with Crippen molar-refractivity contribution in [1.82, 2.24) is 19.7 Å². The summed E-state index contributed by atoms with van der Waals surface area (Å²) in [6.45, 7) is 10.5. The van der Waals surface area contributed by atoms with Gasteiger partial charge in [0.1, 0.15) is 11.2 Å². The monoisotopic (exact) mass is 347 g/mol. The van der Waals surface area contributed by atoms with E-state index in [0.717, 1.165) is 12.1 Å². The Bertz CT molecular complexity index is 1040. The highest BCUT2D eigenvalue weighted by molar-refractivity contribution is 5.87. The fourth-order valence-corrected chi connectivity index (χ4v) is 2.58. The third-order valence-electron chi connectivity index (χ3n) is 3.85. The smallest absolute Gasteiger partial charge is 0.358 e. The fraction of sp³-hybridized carbons (Fsp3) is 0.250. The van der Waals surface area contributed by atoms with Crippen molar-refractivity contribution in [1.29, 1.82) is 0 Å². The lowest BCUT2D eigenvalue weighted by Crippen LogP contribution is -2.13. The van der Waals surface area contributed by atoms with Crippen LogP contribution in [-0.4, -0.2) is 19.7 Å². The molecular formula is C16H12F3N5O. The molecule has 1 aromatic carbocycles. The zero-order valence-corrected chi connectivity index (χ0v) is 13.2. The minimum absolute atomic E-state index is 0.0689. The highest BCUT2D eigenvalue weighted by Crippen LogP contribution is 2.31. The lowest BCUT2D eigenvalue weighted by Gasteiger charge is -2.12. The molecule has 2 heterocycles. The van der Waals surface area contributed by atoms with Crippen molar-refractivity contribution < 1.29 is 13.2 Å². The van der Waals surface area contributed by atoms with Gasteiger partial charge in [-0.3, -0.25) is 4.79 Å². The molecule has 0 aliphatic rings. The molecule has 0 fully saturated rings. The van der Waals surface area contributed by atoms with E-state index < -0.39 is 23.3 Å². The Kier molecular flexibility index (Phi) is 3.83. The number of aromatic nitrogens is 4. The maximum Gasteiger partial charge on any atom is 0.416 e. The minimum Gasteiger partial charge on any atom is -0.358 e. The maximum atomic E-state index is 12.7. The summed E-state index contributed by atoms with van der Waals surface area (Å²) in [5.41, 5.74) is -0.450. The number of nitrogens with one attached hydrogen (secondary N) is 1. The van der Waals surface area contributed by atoms with Gasteiger partial charge in [0.15, 0.2) is 5.65 Å². The number of alkyl halides is 3. The lowest BCUT2D eigenvalue weighted by atomic mass is 10.1. The number of hydrogen-bond donors (Lipinski definition) is 1. The molecule has 1 atom stereocenters. The predicted octanol–water partition coefficient (Wildman–Crippen LogP) is 3.61. The second-order valence-electron chi connectivity index (χ2n) is 5.53. The molecule has 3 aromatic rings. The van der Waals surface area contributed by atoms with Crippen LogP contribution in [0.3, 0.4) is 0 Å². The van der Waals surface area contributed by atoms with Crippen molar-refractivity contribution in [2.75, 3.05) is 0 Å². The summed E-state index contributed by atoms with van der Waals surface area (Å²) >= 11 is 0. The van der Waals surface area contributed by atoms with Crippen LogP contribution in [0, 0.1) is 13.5 Å². The summed E-state index contributed by atoms with van der Waals surface area (Å²) in [4.78, 5) is 22.1. The Morgan fingerprint density at radius 2 is 1.92 bits per heavy atom. The van der Waals surface area contributed by atoms with Gasteiger partial charge in [-0.05, 0) is 36.6 Å². The molecule has 0 spiro atoms. The zero-order valence-electron chi connectivity index (χ0n) is 13.2. The maximum absolute atomic E-state index is 12.7. The highest BCUT2D eigenvalue weighted by Gasteiger charge is 2.30. The van der Waals surface area contributed by atoms with Gasteiger partial charge in [0, 0.05) is 0 Å². The molecule has 6 nitrogen and oxygen atoms in total. The van der Waals surface area contributed by atoms with E-state index >= 15 is 0 Å². The van der Waals surface area contributed by atoms with Gasteiger partial charge < -0.3 is 9.83 Å². The average molecular weight is 347 g/mol. The average Bonchev–Trinajstić information content (AvgIpc) is 2.92. The summed E-state index contributed by atoms with van der Waals surface area (Å²) in [5.74, 6) is 0.261. The van der Waals surface area contributed by atoms with Gasteiger partial charge in [-0.25, -0.2) is 4.98 Å². The van der Waals surface area contributed by atoms with Crippen LogP contribution in [0.5, 0.6) is 0 Å². The van der Waals surface area contributed by atoms with Gasteiger partial charge in [0.05, 0.1) is 11.6 Å². The molecule has 25 heavy (non-hydrogen) atoms.